The Labute approximate surface area is 206 Å². The quantitative estimate of drug-likeness (QED) is 0.389. The minimum absolute atomic E-state index is 0.143. The molecule has 2 unspecified atom stereocenters. The van der Waals surface area contributed by atoms with E-state index in [1.165, 1.54) is 0 Å². The van der Waals surface area contributed by atoms with Crippen LogP contribution in [-0.4, -0.2) is 72.3 Å². The summed E-state index contributed by atoms with van der Waals surface area (Å²) in [6.45, 7) is 3.09. The molecule has 3 saturated heterocycles. The van der Waals surface area contributed by atoms with Crippen LogP contribution in [-0.2, 0) is 19.1 Å². The van der Waals surface area contributed by atoms with Crippen molar-refractivity contribution < 1.29 is 29.0 Å². The summed E-state index contributed by atoms with van der Waals surface area (Å²) >= 11 is 0. The minimum Gasteiger partial charge on any atom is -0.497 e. The Kier molecular flexibility index (Phi) is 7.96. The van der Waals surface area contributed by atoms with Gasteiger partial charge in [-0.3, -0.25) is 14.4 Å². The van der Waals surface area contributed by atoms with Gasteiger partial charge in [-0.15, -0.1) is 0 Å². The van der Waals surface area contributed by atoms with Crippen LogP contribution in [0.2, 0.25) is 0 Å². The number of anilines is 1. The van der Waals surface area contributed by atoms with Crippen molar-refractivity contribution in [3.63, 3.8) is 0 Å². The van der Waals surface area contributed by atoms with Gasteiger partial charge in [0, 0.05) is 25.4 Å². The lowest BCUT2D eigenvalue weighted by molar-refractivity contribution is -0.140. The Morgan fingerprint density at radius 3 is 2.60 bits per heavy atom. The summed E-state index contributed by atoms with van der Waals surface area (Å²) < 4.78 is 11.6. The van der Waals surface area contributed by atoms with Gasteiger partial charge in [-0.25, -0.2) is 0 Å². The van der Waals surface area contributed by atoms with Gasteiger partial charge >= 0.3 is 0 Å². The van der Waals surface area contributed by atoms with Crippen LogP contribution in [0, 0.1) is 11.8 Å². The summed E-state index contributed by atoms with van der Waals surface area (Å²) in [7, 11) is 1.58. The van der Waals surface area contributed by atoms with Crippen LogP contribution in [0.15, 0.2) is 24.3 Å². The SMILES string of the molecule is CCCNC(=O)[C@@H]1[C@@H]2CCC3(O2)C(C(=O)Nc2ccc(OC)cc2)N(CCCCCCO)C(=O)[C@H]13. The van der Waals surface area contributed by atoms with Gasteiger partial charge in [-0.1, -0.05) is 19.8 Å². The lowest BCUT2D eigenvalue weighted by Gasteiger charge is -2.33. The maximum Gasteiger partial charge on any atom is 0.250 e. The third kappa shape index (κ3) is 4.76. The molecule has 0 saturated carbocycles. The normalized spacial score (nSPS) is 28.8. The first kappa shape index (κ1) is 25.4. The largest absolute Gasteiger partial charge is 0.497 e. The van der Waals surface area contributed by atoms with Crippen LogP contribution in [0.5, 0.6) is 5.75 Å². The molecule has 3 aliphatic heterocycles. The number of aliphatic hydroxyl groups is 1. The first-order chi connectivity index (χ1) is 17.0. The highest BCUT2D eigenvalue weighted by Crippen LogP contribution is 2.58. The lowest BCUT2D eigenvalue weighted by Crippen LogP contribution is -2.53. The fraction of sp³-hybridized carbons (Fsp3) is 0.654. The number of amides is 3. The number of ether oxygens (including phenoxy) is 2. The van der Waals surface area contributed by atoms with Crippen LogP contribution in [0.1, 0.15) is 51.9 Å². The number of fused-ring (bicyclic) bond motifs is 1. The highest BCUT2D eigenvalue weighted by molar-refractivity contribution is 6.03. The molecule has 3 amide bonds. The summed E-state index contributed by atoms with van der Waals surface area (Å²) in [5.41, 5.74) is -0.381. The molecule has 5 atom stereocenters. The topological polar surface area (TPSA) is 117 Å². The van der Waals surface area contributed by atoms with E-state index in [1.807, 2.05) is 6.92 Å². The lowest BCUT2D eigenvalue weighted by atomic mass is 9.70. The number of benzene rings is 1. The minimum atomic E-state index is -0.988. The van der Waals surface area contributed by atoms with Crippen LogP contribution in [0.25, 0.3) is 0 Å². The van der Waals surface area contributed by atoms with Crippen molar-refractivity contribution in [1.82, 2.24) is 10.2 Å². The highest BCUT2D eigenvalue weighted by Gasteiger charge is 2.74. The first-order valence-electron chi connectivity index (χ1n) is 12.8. The maximum atomic E-state index is 13.8. The van der Waals surface area contributed by atoms with E-state index in [0.29, 0.717) is 43.8 Å². The third-order valence-electron chi connectivity index (χ3n) is 7.57. The molecule has 0 aliphatic carbocycles. The second kappa shape index (κ2) is 11.0. The summed E-state index contributed by atoms with van der Waals surface area (Å²) in [5.74, 6) is -1.16. The van der Waals surface area contributed by atoms with E-state index >= 15 is 0 Å². The molecule has 4 rings (SSSR count). The van der Waals surface area contributed by atoms with Gasteiger partial charge in [0.15, 0.2) is 0 Å². The van der Waals surface area contributed by atoms with Gasteiger partial charge in [0.2, 0.25) is 17.7 Å². The number of rotatable bonds is 12. The van der Waals surface area contributed by atoms with Crippen molar-refractivity contribution in [3.8, 4) is 5.75 Å². The summed E-state index contributed by atoms with van der Waals surface area (Å²) in [6, 6.07) is 6.25. The molecule has 0 radical (unpaired) electrons. The van der Waals surface area contributed by atoms with Crippen LogP contribution >= 0.6 is 0 Å². The average Bonchev–Trinajstić information content (AvgIpc) is 3.50. The zero-order chi connectivity index (χ0) is 25.0. The van der Waals surface area contributed by atoms with Gasteiger partial charge in [0.1, 0.15) is 17.4 Å². The van der Waals surface area contributed by atoms with Gasteiger partial charge < -0.3 is 30.1 Å². The fourth-order valence-electron chi connectivity index (χ4n) is 5.99. The number of unbranched alkanes of at least 4 members (excludes halogenated alkanes) is 3. The summed E-state index contributed by atoms with van der Waals surface area (Å²) in [5, 5.41) is 15.0. The molecule has 3 aliphatic rings. The molecule has 2 bridgehead atoms. The zero-order valence-corrected chi connectivity index (χ0v) is 20.6. The van der Waals surface area contributed by atoms with E-state index < -0.39 is 23.5 Å². The molecule has 0 aromatic heterocycles. The molecule has 3 N–H and O–H groups in total. The van der Waals surface area contributed by atoms with Crippen LogP contribution in [0.4, 0.5) is 5.69 Å². The average molecular weight is 488 g/mol. The number of hydrogen-bond donors (Lipinski definition) is 3. The molecule has 1 spiro atoms. The van der Waals surface area contributed by atoms with Crippen molar-refractivity contribution in [3.05, 3.63) is 24.3 Å². The van der Waals surface area contributed by atoms with Gasteiger partial charge in [0.25, 0.3) is 0 Å². The van der Waals surface area contributed by atoms with Crippen LogP contribution < -0.4 is 15.4 Å². The first-order valence-corrected chi connectivity index (χ1v) is 12.8. The predicted octanol–water partition coefficient (Wildman–Crippen LogP) is 2.09. The number of likely N-dealkylation sites (tertiary alicyclic amines) is 1. The maximum absolute atomic E-state index is 13.8. The molecular formula is C26H37N3O6. The molecule has 3 heterocycles. The van der Waals surface area contributed by atoms with Crippen LogP contribution in [0.3, 0.4) is 0 Å². The standard InChI is InChI=1S/C26H37N3O6/c1-3-14-27-23(31)20-19-12-13-26(35-19)21(20)25(33)29(15-6-4-5-7-16-30)22(26)24(32)28-17-8-10-18(34-2)11-9-17/h8-11,19-22,30H,3-7,12-16H2,1-2H3,(H,27,31)(H,28,32)/t19-,20+,21-,22?,26?/m0/s1. The molecule has 35 heavy (non-hydrogen) atoms. The van der Waals surface area contributed by atoms with E-state index in [-0.39, 0.29) is 30.4 Å². The Balaban J connectivity index is 1.58. The number of methoxy groups -OCH3 is 1. The van der Waals surface area contributed by atoms with Crippen molar-refractivity contribution >= 4 is 23.4 Å². The molecule has 192 valence electrons. The molecule has 1 aromatic rings. The zero-order valence-electron chi connectivity index (χ0n) is 20.6. The van der Waals surface area contributed by atoms with Gasteiger partial charge in [-0.2, -0.15) is 0 Å². The Morgan fingerprint density at radius 1 is 1.17 bits per heavy atom. The van der Waals surface area contributed by atoms with Crippen molar-refractivity contribution in [2.24, 2.45) is 11.8 Å². The fourth-order valence-corrected chi connectivity index (χ4v) is 5.99. The van der Waals surface area contributed by atoms with E-state index in [0.717, 1.165) is 25.7 Å². The number of carbonyl (C=O) groups excluding carboxylic acids is 3. The van der Waals surface area contributed by atoms with E-state index in [2.05, 4.69) is 10.6 Å². The van der Waals surface area contributed by atoms with Gasteiger partial charge in [0.05, 0.1) is 25.0 Å². The molecule has 9 heteroatoms. The summed E-state index contributed by atoms with van der Waals surface area (Å²) in [6.07, 6.45) is 4.83. The Bertz CT molecular complexity index is 922. The molecule has 3 fully saturated rings. The second-order valence-corrected chi connectivity index (χ2v) is 9.73. The smallest absolute Gasteiger partial charge is 0.250 e. The predicted molar refractivity (Wildman–Crippen MR) is 130 cm³/mol. The highest BCUT2D eigenvalue weighted by atomic mass is 16.5. The molecule has 1 aromatic carbocycles. The number of nitrogens with one attached hydrogen (secondary N) is 2. The van der Waals surface area contributed by atoms with E-state index in [4.69, 9.17) is 14.6 Å². The van der Waals surface area contributed by atoms with Crippen molar-refractivity contribution in [2.75, 3.05) is 32.1 Å². The van der Waals surface area contributed by atoms with Crippen molar-refractivity contribution in [1.29, 1.82) is 0 Å². The van der Waals surface area contributed by atoms with Crippen molar-refractivity contribution in [2.45, 2.75) is 69.6 Å². The second-order valence-electron chi connectivity index (χ2n) is 9.73. The summed E-state index contributed by atoms with van der Waals surface area (Å²) in [4.78, 5) is 42.1. The Hall–Kier alpha value is -2.65. The third-order valence-corrected chi connectivity index (χ3v) is 7.57. The molecule has 9 nitrogen and oxygen atoms in total. The Morgan fingerprint density at radius 2 is 1.91 bits per heavy atom. The number of hydrogen-bond acceptors (Lipinski definition) is 6. The number of nitrogens with zero attached hydrogens (tertiary/aromatic N) is 1. The van der Waals surface area contributed by atoms with Gasteiger partial charge in [-0.05, 0) is 56.4 Å². The number of aliphatic hydroxyl groups excluding tert-OH is 1. The number of carbonyl (C=O) groups is 3. The monoisotopic (exact) mass is 487 g/mol. The molecular weight excluding hydrogens is 450 g/mol. The van der Waals surface area contributed by atoms with E-state index in [1.54, 1.807) is 36.3 Å². The van der Waals surface area contributed by atoms with E-state index in [9.17, 15) is 14.4 Å².